The molecule has 0 bridgehead atoms. The minimum absolute atomic E-state index is 0.252. The van der Waals surface area contributed by atoms with Crippen molar-refractivity contribution in [2.75, 3.05) is 38.6 Å². The Labute approximate surface area is 182 Å². The summed E-state index contributed by atoms with van der Waals surface area (Å²) >= 11 is 6.08. The van der Waals surface area contributed by atoms with E-state index in [-0.39, 0.29) is 29.4 Å². The van der Waals surface area contributed by atoms with Crippen LogP contribution in [0, 0.1) is 5.82 Å². The molecule has 162 valence electrons. The smallest absolute Gasteiger partial charge is 0.255 e. The summed E-state index contributed by atoms with van der Waals surface area (Å²) in [6.45, 7) is 5.65. The number of carbonyl (C=O) groups excluding carboxylic acids is 1. The fourth-order valence-electron chi connectivity index (χ4n) is 3.34. The highest BCUT2D eigenvalue weighted by Gasteiger charge is 2.26. The van der Waals surface area contributed by atoms with Gasteiger partial charge >= 0.3 is 0 Å². The number of carbonyl (C=O) groups is 1. The van der Waals surface area contributed by atoms with Crippen LogP contribution in [0.1, 0.15) is 37.2 Å². The van der Waals surface area contributed by atoms with Crippen molar-refractivity contribution < 1.29 is 20.0 Å². The Morgan fingerprint density at radius 1 is 1.47 bits per heavy atom. The first-order valence-electron chi connectivity index (χ1n) is 10.3. The number of morpholine rings is 1. The first-order valence-corrected chi connectivity index (χ1v) is 10.2. The molecular formula is C22H27ClFN3O3. The number of anilines is 1. The molecule has 3 N–H and O–H groups in total. The van der Waals surface area contributed by atoms with Gasteiger partial charge in [-0.15, -0.1) is 0 Å². The average molecular weight is 437 g/mol. The molecule has 2 aromatic rings. The molecule has 6 nitrogen and oxygen atoms in total. The monoisotopic (exact) mass is 436 g/mol. The fraction of sp³-hybridized carbons (Fsp3) is 0.409. The summed E-state index contributed by atoms with van der Waals surface area (Å²) in [7, 11) is 0. The molecule has 0 saturated carbocycles. The zero-order valence-electron chi connectivity index (χ0n) is 18.1. The Morgan fingerprint density at radius 2 is 2.20 bits per heavy atom. The van der Waals surface area contributed by atoms with Crippen LogP contribution in [0.5, 0.6) is 5.75 Å². The van der Waals surface area contributed by atoms with E-state index in [0.29, 0.717) is 48.9 Å². The van der Waals surface area contributed by atoms with Gasteiger partial charge in [-0.05, 0) is 37.6 Å². The molecule has 8 heteroatoms. The zero-order chi connectivity index (χ0) is 22.6. The van der Waals surface area contributed by atoms with E-state index in [9.17, 15) is 9.18 Å². The Hall–Kier alpha value is -2.35. The Balaban J connectivity index is 1.65. The van der Waals surface area contributed by atoms with Crippen LogP contribution in [-0.2, 0) is 4.74 Å². The highest BCUT2D eigenvalue weighted by molar-refractivity contribution is 6.33. The normalized spacial score (nSPS) is 19.6. The lowest BCUT2D eigenvalue weighted by Gasteiger charge is -2.37. The molecule has 0 aromatic heterocycles. The van der Waals surface area contributed by atoms with Crippen molar-refractivity contribution >= 4 is 23.2 Å². The van der Waals surface area contributed by atoms with Crippen LogP contribution in [0.15, 0.2) is 36.4 Å². The van der Waals surface area contributed by atoms with Crippen LogP contribution in [0.25, 0.3) is 0 Å². The van der Waals surface area contributed by atoms with Crippen molar-refractivity contribution in [3.8, 4) is 5.75 Å². The van der Waals surface area contributed by atoms with Crippen LogP contribution in [-0.4, -0.2) is 49.8 Å². The lowest BCUT2D eigenvalue weighted by Crippen LogP contribution is -2.48. The maximum atomic E-state index is 13.3. The zero-order valence-corrected chi connectivity index (χ0v) is 17.8. The number of nitrogens with zero attached hydrogens (tertiary/aromatic N) is 1. The van der Waals surface area contributed by atoms with Crippen molar-refractivity contribution in [1.82, 2.24) is 10.2 Å². The van der Waals surface area contributed by atoms with Gasteiger partial charge in [-0.3, -0.25) is 9.69 Å². The number of halogens is 2. The molecular weight excluding hydrogens is 409 g/mol. The molecule has 0 spiro atoms. The van der Waals surface area contributed by atoms with Crippen LogP contribution < -0.4 is 15.8 Å². The second-order valence-corrected chi connectivity index (χ2v) is 7.45. The molecule has 1 aliphatic rings. The van der Waals surface area contributed by atoms with Crippen molar-refractivity contribution in [1.29, 1.82) is 0 Å². The van der Waals surface area contributed by atoms with Crippen LogP contribution in [0.3, 0.4) is 0 Å². The van der Waals surface area contributed by atoms with Crippen molar-refractivity contribution in [3.05, 3.63) is 58.4 Å². The summed E-state index contributed by atoms with van der Waals surface area (Å²) in [5, 5.41) is 3.13. The molecule has 2 unspecified atom stereocenters. The number of hydrogen-bond donors (Lipinski definition) is 2. The Bertz CT molecular complexity index is 927. The van der Waals surface area contributed by atoms with Gasteiger partial charge in [0.15, 0.2) is 0 Å². The van der Waals surface area contributed by atoms with E-state index in [1.165, 1.54) is 24.3 Å². The second-order valence-electron chi connectivity index (χ2n) is 7.04. The summed E-state index contributed by atoms with van der Waals surface area (Å²) in [6.07, 6.45) is -0.303. The highest BCUT2D eigenvalue weighted by atomic mass is 35.5. The quantitative estimate of drug-likeness (QED) is 0.648. The summed E-state index contributed by atoms with van der Waals surface area (Å²) in [6, 6.07) is 7.92. The summed E-state index contributed by atoms with van der Waals surface area (Å²) < 4.78 is 33.4. The number of rotatable bonds is 7. The van der Waals surface area contributed by atoms with Crippen molar-refractivity contribution in [2.24, 2.45) is 0 Å². The summed E-state index contributed by atoms with van der Waals surface area (Å²) in [5.74, 6) is -0.322. The maximum Gasteiger partial charge on any atom is 0.255 e. The molecule has 30 heavy (non-hydrogen) atoms. The molecule has 1 fully saturated rings. The van der Waals surface area contributed by atoms with E-state index >= 15 is 0 Å². The van der Waals surface area contributed by atoms with E-state index in [0.717, 1.165) is 0 Å². The average Bonchev–Trinajstić information content (AvgIpc) is 2.75. The van der Waals surface area contributed by atoms with Gasteiger partial charge in [-0.2, -0.15) is 0 Å². The molecule has 1 amide bonds. The van der Waals surface area contributed by atoms with Gasteiger partial charge in [0.25, 0.3) is 5.91 Å². The molecule has 2 atom stereocenters. The number of benzene rings is 2. The Morgan fingerprint density at radius 3 is 2.90 bits per heavy atom. The van der Waals surface area contributed by atoms with E-state index in [1.54, 1.807) is 19.1 Å². The predicted octanol–water partition coefficient (Wildman–Crippen LogP) is 3.65. The third-order valence-electron chi connectivity index (χ3n) is 5.01. The van der Waals surface area contributed by atoms with E-state index in [2.05, 4.69) is 5.32 Å². The van der Waals surface area contributed by atoms with Gasteiger partial charge in [-0.25, -0.2) is 4.39 Å². The number of nitrogens with one attached hydrogen (secondary N) is 1. The SMILES string of the molecule is [2H]C(C)(c1ccc(F)cc1)N1CCOC(CNC(=O)c2cc(Cl)c(N)cc2OCC)C1. The highest BCUT2D eigenvalue weighted by Crippen LogP contribution is 2.29. The lowest BCUT2D eigenvalue weighted by molar-refractivity contribution is -0.0393. The van der Waals surface area contributed by atoms with E-state index in [1.807, 2.05) is 11.8 Å². The lowest BCUT2D eigenvalue weighted by atomic mass is 10.1. The van der Waals surface area contributed by atoms with Gasteiger partial charge in [-0.1, -0.05) is 23.7 Å². The minimum Gasteiger partial charge on any atom is -0.493 e. The van der Waals surface area contributed by atoms with Crippen molar-refractivity contribution in [2.45, 2.75) is 26.0 Å². The fourth-order valence-corrected chi connectivity index (χ4v) is 3.51. The first-order chi connectivity index (χ1) is 14.7. The molecule has 0 radical (unpaired) electrons. The number of hydrogen-bond acceptors (Lipinski definition) is 5. The molecule has 0 aliphatic carbocycles. The van der Waals surface area contributed by atoms with Crippen LogP contribution in [0.4, 0.5) is 10.1 Å². The van der Waals surface area contributed by atoms with E-state index in [4.69, 9.17) is 28.2 Å². The number of nitrogen functional groups attached to an aromatic ring is 1. The second kappa shape index (κ2) is 10.1. The third kappa shape index (κ3) is 5.41. The van der Waals surface area contributed by atoms with Gasteiger partial charge in [0.1, 0.15) is 11.6 Å². The number of ether oxygens (including phenoxy) is 2. The molecule has 3 rings (SSSR count). The molecule has 2 aromatic carbocycles. The Kier molecular flexibility index (Phi) is 7.04. The van der Waals surface area contributed by atoms with Gasteiger partial charge in [0.2, 0.25) is 0 Å². The number of amides is 1. The topological polar surface area (TPSA) is 76.8 Å². The van der Waals surface area contributed by atoms with Gasteiger partial charge in [0, 0.05) is 31.7 Å². The van der Waals surface area contributed by atoms with Crippen LogP contribution >= 0.6 is 11.6 Å². The maximum absolute atomic E-state index is 13.3. The van der Waals surface area contributed by atoms with E-state index < -0.39 is 6.02 Å². The number of nitrogens with two attached hydrogens (primary N) is 1. The summed E-state index contributed by atoms with van der Waals surface area (Å²) in [5.41, 5.74) is 7.14. The summed E-state index contributed by atoms with van der Waals surface area (Å²) in [4.78, 5) is 14.7. The van der Waals surface area contributed by atoms with Gasteiger partial charge < -0.3 is 20.5 Å². The minimum atomic E-state index is -1.05. The van der Waals surface area contributed by atoms with Crippen molar-refractivity contribution in [3.63, 3.8) is 0 Å². The predicted molar refractivity (Wildman–Crippen MR) is 115 cm³/mol. The molecule has 1 aliphatic heterocycles. The molecule has 1 saturated heterocycles. The molecule has 1 heterocycles. The van der Waals surface area contributed by atoms with Gasteiger partial charge in [0.05, 0.1) is 37.0 Å². The standard InChI is InChI=1S/C22H27ClFN3O3/c1-3-29-21-11-20(25)19(23)10-18(21)22(28)26-12-17-13-27(8-9-30-17)14(2)15-4-6-16(24)7-5-15/h4-7,10-11,14,17H,3,8-9,12-13,25H2,1-2H3,(H,26,28)/i14D. The van der Waals surface area contributed by atoms with Crippen LogP contribution in [0.2, 0.25) is 5.02 Å². The first kappa shape index (κ1) is 20.9. The third-order valence-corrected chi connectivity index (χ3v) is 5.34. The largest absolute Gasteiger partial charge is 0.493 e.